The van der Waals surface area contributed by atoms with E-state index in [2.05, 4.69) is 40.3 Å². The van der Waals surface area contributed by atoms with E-state index < -0.39 is 0 Å². The quantitative estimate of drug-likeness (QED) is 0.365. The number of aromatic nitrogens is 5. The molecule has 32 heavy (non-hydrogen) atoms. The minimum atomic E-state index is -0.278. The molecule has 4 aromatic rings. The van der Waals surface area contributed by atoms with Crippen LogP contribution in [0.15, 0.2) is 48.7 Å². The number of aliphatic hydroxyl groups excluding tert-OH is 1. The van der Waals surface area contributed by atoms with E-state index in [1.165, 1.54) is 0 Å². The van der Waals surface area contributed by atoms with Gasteiger partial charge in [0, 0.05) is 45.0 Å². The minimum absolute atomic E-state index is 0.178. The van der Waals surface area contributed by atoms with Crippen LogP contribution >= 0.6 is 0 Å². The van der Waals surface area contributed by atoms with Gasteiger partial charge in [-0.3, -0.25) is 14.8 Å². The van der Waals surface area contributed by atoms with Crippen molar-refractivity contribution < 1.29 is 9.90 Å². The second-order valence-electron chi connectivity index (χ2n) is 7.68. The standard InChI is InChI=1S/C22H24N8O2/c31-12-11-29-7-9-30(10-8-29)20-6-5-15(14-23-20)22(32)26-19-13-18(27-28-19)21-24-16-3-1-2-4-17(16)25-21/h1-6,13-14,31H,7-12H2,(H,24,25)(H2,26,27,28,32). The molecule has 0 radical (unpaired) electrons. The molecule has 1 fully saturated rings. The highest BCUT2D eigenvalue weighted by Crippen LogP contribution is 2.21. The maximum atomic E-state index is 12.6. The summed E-state index contributed by atoms with van der Waals surface area (Å²) in [5.41, 5.74) is 2.94. The van der Waals surface area contributed by atoms with Crippen molar-refractivity contribution in [2.45, 2.75) is 0 Å². The van der Waals surface area contributed by atoms with Gasteiger partial charge in [-0.05, 0) is 24.3 Å². The lowest BCUT2D eigenvalue weighted by Gasteiger charge is -2.35. The number of nitrogens with one attached hydrogen (secondary N) is 3. The molecule has 1 aliphatic rings. The maximum Gasteiger partial charge on any atom is 0.258 e. The number of β-amino-alcohol motifs (C(OH)–C–C–N with tert-alkyl or cyclic N) is 1. The number of hydrogen-bond acceptors (Lipinski definition) is 7. The van der Waals surface area contributed by atoms with Crippen molar-refractivity contribution in [1.82, 2.24) is 30.0 Å². The number of rotatable bonds is 6. The van der Waals surface area contributed by atoms with E-state index in [9.17, 15) is 4.79 Å². The van der Waals surface area contributed by atoms with E-state index in [0.29, 0.717) is 29.4 Å². The predicted molar refractivity (Wildman–Crippen MR) is 122 cm³/mol. The van der Waals surface area contributed by atoms with Gasteiger partial charge in [-0.25, -0.2) is 9.97 Å². The fraction of sp³-hybridized carbons (Fsp3) is 0.273. The number of benzene rings is 1. The number of carbonyl (C=O) groups excluding carboxylic acids is 1. The molecule has 0 aliphatic carbocycles. The van der Waals surface area contributed by atoms with Gasteiger partial charge in [-0.1, -0.05) is 12.1 Å². The SMILES string of the molecule is O=C(Nc1cc(-c2nc3ccccc3[nH]2)[nH]n1)c1ccc(N2CCN(CCO)CC2)nc1. The summed E-state index contributed by atoms with van der Waals surface area (Å²) < 4.78 is 0. The highest BCUT2D eigenvalue weighted by molar-refractivity contribution is 6.03. The fourth-order valence-electron chi connectivity index (χ4n) is 3.83. The van der Waals surface area contributed by atoms with Gasteiger partial charge in [0.1, 0.15) is 11.5 Å². The van der Waals surface area contributed by atoms with Crippen molar-refractivity contribution in [2.75, 3.05) is 49.5 Å². The number of imidazole rings is 1. The molecule has 10 heteroatoms. The summed E-state index contributed by atoms with van der Waals surface area (Å²) >= 11 is 0. The van der Waals surface area contributed by atoms with Crippen molar-refractivity contribution in [1.29, 1.82) is 0 Å². The van der Waals surface area contributed by atoms with Crippen LogP contribution in [0.2, 0.25) is 0 Å². The van der Waals surface area contributed by atoms with Crippen LogP contribution in [0.25, 0.3) is 22.6 Å². The van der Waals surface area contributed by atoms with Crippen LogP contribution in [0.3, 0.4) is 0 Å². The van der Waals surface area contributed by atoms with E-state index >= 15 is 0 Å². The predicted octanol–water partition coefficient (Wildman–Crippen LogP) is 1.71. The summed E-state index contributed by atoms with van der Waals surface area (Å²) in [6.45, 7) is 4.34. The minimum Gasteiger partial charge on any atom is -0.395 e. The van der Waals surface area contributed by atoms with Crippen molar-refractivity contribution in [3.8, 4) is 11.5 Å². The normalized spacial score (nSPS) is 14.7. The number of carbonyl (C=O) groups is 1. The Labute approximate surface area is 184 Å². The number of nitrogens with zero attached hydrogens (tertiary/aromatic N) is 5. The van der Waals surface area contributed by atoms with Gasteiger partial charge < -0.3 is 20.3 Å². The summed E-state index contributed by atoms with van der Waals surface area (Å²) in [5, 5.41) is 18.9. The summed E-state index contributed by atoms with van der Waals surface area (Å²) in [7, 11) is 0. The largest absolute Gasteiger partial charge is 0.395 e. The van der Waals surface area contributed by atoms with Gasteiger partial charge in [-0.15, -0.1) is 0 Å². The number of aliphatic hydroxyl groups is 1. The molecule has 5 rings (SSSR count). The Bertz CT molecular complexity index is 1180. The van der Waals surface area contributed by atoms with Crippen LogP contribution in [0, 0.1) is 0 Å². The van der Waals surface area contributed by atoms with E-state index in [-0.39, 0.29) is 12.5 Å². The van der Waals surface area contributed by atoms with Crippen LogP contribution in [-0.4, -0.2) is 80.4 Å². The first-order valence-corrected chi connectivity index (χ1v) is 10.6. The molecule has 0 unspecified atom stereocenters. The molecular formula is C22H24N8O2. The number of pyridine rings is 1. The molecular weight excluding hydrogens is 408 g/mol. The number of anilines is 2. The third kappa shape index (κ3) is 4.18. The zero-order chi connectivity index (χ0) is 21.9. The van der Waals surface area contributed by atoms with Gasteiger partial charge in [0.2, 0.25) is 0 Å². The molecule has 1 saturated heterocycles. The first-order valence-electron chi connectivity index (χ1n) is 10.6. The second-order valence-corrected chi connectivity index (χ2v) is 7.68. The highest BCUT2D eigenvalue weighted by Gasteiger charge is 2.18. The molecule has 1 aromatic carbocycles. The molecule has 164 valence electrons. The van der Waals surface area contributed by atoms with E-state index in [4.69, 9.17) is 5.11 Å². The lowest BCUT2D eigenvalue weighted by molar-refractivity contribution is 0.102. The van der Waals surface area contributed by atoms with Gasteiger partial charge in [0.25, 0.3) is 5.91 Å². The van der Waals surface area contributed by atoms with Crippen molar-refractivity contribution in [3.05, 3.63) is 54.2 Å². The number of amides is 1. The molecule has 1 aliphatic heterocycles. The Morgan fingerprint density at radius 1 is 1.12 bits per heavy atom. The maximum absolute atomic E-state index is 12.6. The van der Waals surface area contributed by atoms with Crippen LogP contribution < -0.4 is 10.2 Å². The van der Waals surface area contributed by atoms with Gasteiger partial charge in [0.05, 0.1) is 23.2 Å². The van der Waals surface area contributed by atoms with E-state index in [1.54, 1.807) is 18.3 Å². The molecule has 1 amide bonds. The first kappa shape index (κ1) is 20.2. The lowest BCUT2D eigenvalue weighted by Crippen LogP contribution is -2.47. The smallest absolute Gasteiger partial charge is 0.258 e. The topological polar surface area (TPSA) is 126 Å². The molecule has 0 spiro atoms. The average molecular weight is 432 g/mol. The zero-order valence-electron chi connectivity index (χ0n) is 17.5. The van der Waals surface area contributed by atoms with Crippen LogP contribution in [-0.2, 0) is 0 Å². The fourth-order valence-corrected chi connectivity index (χ4v) is 3.83. The molecule has 10 nitrogen and oxygen atoms in total. The number of hydrogen-bond donors (Lipinski definition) is 4. The number of aromatic amines is 2. The number of piperazine rings is 1. The summed E-state index contributed by atoms with van der Waals surface area (Å²) in [5.74, 6) is 1.63. The Balaban J connectivity index is 1.22. The average Bonchev–Trinajstić information content (AvgIpc) is 3.47. The molecule has 4 heterocycles. The Hall–Kier alpha value is -3.76. The van der Waals surface area contributed by atoms with Gasteiger partial charge in [0.15, 0.2) is 11.6 Å². The number of fused-ring (bicyclic) bond motifs is 1. The van der Waals surface area contributed by atoms with Crippen molar-refractivity contribution in [3.63, 3.8) is 0 Å². The summed E-state index contributed by atoms with van der Waals surface area (Å²) in [4.78, 5) is 29.3. The molecule has 0 saturated carbocycles. The van der Waals surface area contributed by atoms with E-state index in [0.717, 1.165) is 43.0 Å². The third-order valence-corrected chi connectivity index (χ3v) is 5.59. The second kappa shape index (κ2) is 8.77. The van der Waals surface area contributed by atoms with Crippen LogP contribution in [0.5, 0.6) is 0 Å². The van der Waals surface area contributed by atoms with Crippen molar-refractivity contribution in [2.24, 2.45) is 0 Å². The summed E-state index contributed by atoms with van der Waals surface area (Å²) in [6.07, 6.45) is 1.58. The number of para-hydroxylation sites is 2. The lowest BCUT2D eigenvalue weighted by atomic mass is 10.2. The van der Waals surface area contributed by atoms with Crippen LogP contribution in [0.4, 0.5) is 11.6 Å². The van der Waals surface area contributed by atoms with Gasteiger partial charge >= 0.3 is 0 Å². The molecule has 4 N–H and O–H groups in total. The first-order chi connectivity index (χ1) is 15.7. The molecule has 0 bridgehead atoms. The summed E-state index contributed by atoms with van der Waals surface area (Å²) in [6, 6.07) is 13.1. The Morgan fingerprint density at radius 3 is 2.72 bits per heavy atom. The van der Waals surface area contributed by atoms with Crippen molar-refractivity contribution >= 4 is 28.6 Å². The molecule has 0 atom stereocenters. The molecule has 3 aromatic heterocycles. The van der Waals surface area contributed by atoms with Crippen LogP contribution in [0.1, 0.15) is 10.4 Å². The third-order valence-electron chi connectivity index (χ3n) is 5.59. The monoisotopic (exact) mass is 432 g/mol. The number of H-pyrrole nitrogens is 2. The van der Waals surface area contributed by atoms with E-state index in [1.807, 2.05) is 30.3 Å². The van der Waals surface area contributed by atoms with Gasteiger partial charge in [-0.2, -0.15) is 5.10 Å². The highest BCUT2D eigenvalue weighted by atomic mass is 16.3. The zero-order valence-corrected chi connectivity index (χ0v) is 17.5. The Kier molecular flexibility index (Phi) is 5.53. The Morgan fingerprint density at radius 2 is 1.97 bits per heavy atom.